The van der Waals surface area contributed by atoms with Crippen molar-refractivity contribution in [2.45, 2.75) is 60.5 Å². The van der Waals surface area contributed by atoms with Crippen LogP contribution in [-0.4, -0.2) is 92.8 Å². The molecule has 3 heterocycles. The molecule has 47 heavy (non-hydrogen) atoms. The molecular formula is C37H47BrN4O4S. The number of hydrogen-bond donors (Lipinski definition) is 1. The van der Waals surface area contributed by atoms with Crippen LogP contribution >= 0.6 is 27.7 Å². The number of nitrogens with zero attached hydrogens (tertiary/aromatic N) is 4. The molecule has 0 aliphatic carbocycles. The Morgan fingerprint density at radius 1 is 1.00 bits per heavy atom. The van der Waals surface area contributed by atoms with Crippen LogP contribution in [0.25, 0.3) is 0 Å². The van der Waals surface area contributed by atoms with Crippen LogP contribution in [0.2, 0.25) is 0 Å². The summed E-state index contributed by atoms with van der Waals surface area (Å²) < 4.78 is -0.764. The molecule has 2 bridgehead atoms. The van der Waals surface area contributed by atoms with Crippen molar-refractivity contribution < 1.29 is 19.5 Å². The third-order valence-corrected chi connectivity index (χ3v) is 13.1. The van der Waals surface area contributed by atoms with Gasteiger partial charge in [0.1, 0.15) is 6.04 Å². The first-order valence-corrected chi connectivity index (χ1v) is 18.5. The number of anilines is 2. The minimum atomic E-state index is -0.764. The number of likely N-dealkylation sites (tertiary alicyclic amines) is 1. The predicted octanol–water partition coefficient (Wildman–Crippen LogP) is 5.50. The SMILES string of the molecule is C=CCN(Cc1ccccc1)C(=O)[C@H]1[C@H]2C(=O)N(CCCCO)C(C(=O)N(CC=C)c3ccc(N(CC)CC)cc3)C23CC(Br)[C@@H]1S3. The molecule has 2 aromatic rings. The van der Waals surface area contributed by atoms with Gasteiger partial charge in [-0.15, -0.1) is 24.9 Å². The highest BCUT2D eigenvalue weighted by Crippen LogP contribution is 2.68. The molecule has 3 amide bonds. The maximum absolute atomic E-state index is 14.9. The van der Waals surface area contributed by atoms with Gasteiger partial charge in [-0.3, -0.25) is 14.4 Å². The van der Waals surface area contributed by atoms with Crippen LogP contribution in [0.1, 0.15) is 38.7 Å². The quantitative estimate of drug-likeness (QED) is 0.140. The summed E-state index contributed by atoms with van der Waals surface area (Å²) in [4.78, 5) is 51.5. The zero-order valence-corrected chi connectivity index (χ0v) is 29.9. The number of unbranched alkanes of at least 4 members (excludes halogenated alkanes) is 1. The molecule has 3 fully saturated rings. The molecule has 0 radical (unpaired) electrons. The lowest BCUT2D eigenvalue weighted by atomic mass is 9.70. The van der Waals surface area contributed by atoms with E-state index in [1.54, 1.807) is 38.6 Å². The van der Waals surface area contributed by atoms with Crippen molar-refractivity contribution in [2.75, 3.05) is 49.1 Å². The zero-order valence-electron chi connectivity index (χ0n) is 27.5. The van der Waals surface area contributed by atoms with Crippen LogP contribution in [0.3, 0.4) is 0 Å². The lowest BCUT2D eigenvalue weighted by molar-refractivity contribution is -0.144. The summed E-state index contributed by atoms with van der Waals surface area (Å²) in [5.74, 6) is -1.57. The second-order valence-electron chi connectivity index (χ2n) is 12.5. The topological polar surface area (TPSA) is 84.4 Å². The zero-order chi connectivity index (χ0) is 33.7. The monoisotopic (exact) mass is 722 g/mol. The van der Waals surface area contributed by atoms with Gasteiger partial charge in [-0.05, 0) is 62.9 Å². The van der Waals surface area contributed by atoms with E-state index in [-0.39, 0.29) is 41.0 Å². The number of carbonyl (C=O) groups excluding carboxylic acids is 3. The molecule has 10 heteroatoms. The molecule has 3 unspecified atom stereocenters. The molecule has 1 N–H and O–H groups in total. The van der Waals surface area contributed by atoms with Crippen molar-refractivity contribution in [3.8, 4) is 0 Å². The summed E-state index contributed by atoms with van der Waals surface area (Å²) in [6.45, 7) is 15.3. The number of halogens is 1. The number of benzene rings is 2. The maximum atomic E-state index is 14.9. The van der Waals surface area contributed by atoms with Crippen molar-refractivity contribution in [3.63, 3.8) is 0 Å². The molecule has 5 rings (SSSR count). The molecule has 1 spiro atoms. The Morgan fingerprint density at radius 2 is 1.66 bits per heavy atom. The van der Waals surface area contributed by atoms with Gasteiger partial charge in [0.05, 0.1) is 16.6 Å². The lowest BCUT2D eigenvalue weighted by Gasteiger charge is -2.38. The Kier molecular flexibility index (Phi) is 11.6. The van der Waals surface area contributed by atoms with Gasteiger partial charge in [-0.25, -0.2) is 0 Å². The first-order valence-electron chi connectivity index (χ1n) is 16.7. The Morgan fingerprint density at radius 3 is 2.28 bits per heavy atom. The number of alkyl halides is 1. The summed E-state index contributed by atoms with van der Waals surface area (Å²) in [7, 11) is 0. The number of thioether (sulfide) groups is 1. The fourth-order valence-electron chi connectivity index (χ4n) is 7.76. The summed E-state index contributed by atoms with van der Waals surface area (Å²) in [5.41, 5.74) is 2.83. The first-order chi connectivity index (χ1) is 22.8. The van der Waals surface area contributed by atoms with Crippen LogP contribution in [0.4, 0.5) is 11.4 Å². The van der Waals surface area contributed by atoms with E-state index in [1.807, 2.05) is 54.6 Å². The van der Waals surface area contributed by atoms with E-state index in [4.69, 9.17) is 0 Å². The Hall–Kier alpha value is -3.08. The lowest BCUT2D eigenvalue weighted by Crippen LogP contribution is -2.56. The number of fused-ring (bicyclic) bond motifs is 1. The third kappa shape index (κ3) is 6.65. The van der Waals surface area contributed by atoms with Crippen LogP contribution in [0.15, 0.2) is 79.9 Å². The third-order valence-electron chi connectivity index (χ3n) is 9.86. The largest absolute Gasteiger partial charge is 0.396 e. The van der Waals surface area contributed by atoms with Crippen molar-refractivity contribution in [3.05, 3.63) is 85.5 Å². The second kappa shape index (κ2) is 15.4. The van der Waals surface area contributed by atoms with E-state index in [0.717, 1.165) is 30.0 Å². The number of aliphatic hydroxyl groups is 1. The van der Waals surface area contributed by atoms with Crippen molar-refractivity contribution >= 4 is 56.8 Å². The van der Waals surface area contributed by atoms with Gasteiger partial charge < -0.3 is 24.7 Å². The molecule has 0 saturated carbocycles. The number of rotatable bonds is 16. The van der Waals surface area contributed by atoms with E-state index in [1.165, 1.54) is 0 Å². The standard InChI is InChI=1S/C37H47BrN4O4S/c1-5-20-40(25-26-14-10-9-11-15-26)34(44)30-31-35(45)42(22-12-13-23-43)33(37(31)24-29(38)32(30)47-37)36(46)41(21-6-2)28-18-16-27(17-19-28)39(7-3)8-4/h5-6,9-11,14-19,29-33,43H,1-2,7-8,12-13,20-25H2,3-4H3/t29?,30-,31-,32-,33?,37?/m0/s1. The smallest absolute Gasteiger partial charge is 0.251 e. The van der Waals surface area contributed by atoms with Crippen molar-refractivity contribution in [1.29, 1.82) is 0 Å². The van der Waals surface area contributed by atoms with E-state index in [2.05, 4.69) is 47.8 Å². The van der Waals surface area contributed by atoms with Crippen LogP contribution < -0.4 is 9.80 Å². The van der Waals surface area contributed by atoms with Gasteiger partial charge in [0, 0.05) is 67.3 Å². The number of aliphatic hydroxyl groups excluding tert-OH is 1. The number of hydrogen-bond acceptors (Lipinski definition) is 6. The summed E-state index contributed by atoms with van der Waals surface area (Å²) in [6, 6.07) is 17.1. The molecule has 6 atom stereocenters. The minimum Gasteiger partial charge on any atom is -0.396 e. The molecular weight excluding hydrogens is 676 g/mol. The number of carbonyl (C=O) groups is 3. The summed E-state index contributed by atoms with van der Waals surface area (Å²) >= 11 is 5.55. The van der Waals surface area contributed by atoms with E-state index in [0.29, 0.717) is 38.9 Å². The van der Waals surface area contributed by atoms with E-state index >= 15 is 0 Å². The average molecular weight is 724 g/mol. The van der Waals surface area contributed by atoms with Gasteiger partial charge in [-0.2, -0.15) is 0 Å². The molecule has 252 valence electrons. The fraction of sp³-hybridized carbons (Fsp3) is 0.486. The van der Waals surface area contributed by atoms with Crippen LogP contribution in [0, 0.1) is 11.8 Å². The maximum Gasteiger partial charge on any atom is 0.251 e. The number of amides is 3. The van der Waals surface area contributed by atoms with E-state index in [9.17, 15) is 19.5 Å². The fourth-order valence-corrected chi connectivity index (χ4v) is 11.4. The van der Waals surface area contributed by atoms with Crippen molar-refractivity contribution in [1.82, 2.24) is 9.80 Å². The highest BCUT2D eigenvalue weighted by atomic mass is 79.9. The average Bonchev–Trinajstić information content (AvgIpc) is 3.67. The van der Waals surface area contributed by atoms with Gasteiger partial charge in [0.15, 0.2) is 0 Å². The van der Waals surface area contributed by atoms with Crippen LogP contribution in [0.5, 0.6) is 0 Å². The highest BCUT2D eigenvalue weighted by Gasteiger charge is 2.76. The molecule has 8 nitrogen and oxygen atoms in total. The molecule has 0 aromatic heterocycles. The molecule has 3 aliphatic rings. The summed E-state index contributed by atoms with van der Waals surface area (Å²) in [5, 5.41) is 9.43. The van der Waals surface area contributed by atoms with Gasteiger partial charge in [0.25, 0.3) is 5.91 Å². The Labute approximate surface area is 292 Å². The predicted molar refractivity (Wildman–Crippen MR) is 195 cm³/mol. The second-order valence-corrected chi connectivity index (χ2v) is 15.3. The van der Waals surface area contributed by atoms with Gasteiger partial charge in [-0.1, -0.05) is 58.4 Å². The minimum absolute atomic E-state index is 0.00803. The Balaban J connectivity index is 1.52. The normalized spacial score (nSPS) is 25.8. The highest BCUT2D eigenvalue weighted by molar-refractivity contribution is 9.09. The molecule has 3 aliphatic heterocycles. The van der Waals surface area contributed by atoms with Crippen LogP contribution in [-0.2, 0) is 20.9 Å². The van der Waals surface area contributed by atoms with Gasteiger partial charge >= 0.3 is 0 Å². The molecule has 2 aromatic carbocycles. The van der Waals surface area contributed by atoms with Crippen molar-refractivity contribution in [2.24, 2.45) is 11.8 Å². The summed E-state index contributed by atoms with van der Waals surface area (Å²) in [6.07, 6.45) is 5.14. The first kappa shape index (κ1) is 35.2. The van der Waals surface area contributed by atoms with Gasteiger partial charge in [0.2, 0.25) is 11.8 Å². The Bertz CT molecular complexity index is 1440. The molecule has 3 saturated heterocycles. The van der Waals surface area contributed by atoms with E-state index < -0.39 is 22.6 Å².